The molecule has 1 atom stereocenters. The second-order valence-electron chi connectivity index (χ2n) is 6.06. The minimum Gasteiger partial charge on any atom is -0.461 e. The molecule has 1 N–H and O–H groups in total. The Morgan fingerprint density at radius 2 is 1.87 bits per heavy atom. The summed E-state index contributed by atoms with van der Waals surface area (Å²) < 4.78 is 10.3. The molecular weight excluding hydrogens is 298 g/mol. The molecule has 0 bridgehead atoms. The van der Waals surface area contributed by atoms with Crippen molar-refractivity contribution in [2.24, 2.45) is 0 Å². The summed E-state index contributed by atoms with van der Waals surface area (Å²) >= 11 is 0. The van der Waals surface area contributed by atoms with Crippen molar-refractivity contribution in [2.45, 2.75) is 51.9 Å². The quantitative estimate of drug-likeness (QED) is 0.585. The highest BCUT2D eigenvalue weighted by Gasteiger charge is 2.25. The van der Waals surface area contributed by atoms with Gasteiger partial charge in [-0.25, -0.2) is 4.79 Å². The van der Waals surface area contributed by atoms with Gasteiger partial charge in [-0.05, 0) is 32.8 Å². The first-order chi connectivity index (χ1) is 10.8. The molecule has 1 aromatic carbocycles. The van der Waals surface area contributed by atoms with Crippen LogP contribution in [0.5, 0.6) is 0 Å². The van der Waals surface area contributed by atoms with E-state index in [1.807, 2.05) is 30.3 Å². The smallest absolute Gasteiger partial charge is 0.329 e. The zero-order chi connectivity index (χ0) is 17.3. The van der Waals surface area contributed by atoms with E-state index in [1.165, 1.54) is 0 Å². The van der Waals surface area contributed by atoms with Crippen LogP contribution in [0.4, 0.5) is 0 Å². The molecule has 0 saturated carbocycles. The van der Waals surface area contributed by atoms with Gasteiger partial charge in [0.05, 0.1) is 0 Å². The molecule has 0 spiro atoms. The van der Waals surface area contributed by atoms with Crippen molar-refractivity contribution in [2.75, 3.05) is 0 Å². The predicted molar refractivity (Wildman–Crippen MR) is 84.3 cm³/mol. The maximum absolute atomic E-state index is 11.9. The van der Waals surface area contributed by atoms with Gasteiger partial charge in [0.2, 0.25) is 6.41 Å². The Balaban J connectivity index is 2.43. The molecule has 6 heteroatoms. The largest absolute Gasteiger partial charge is 0.461 e. The maximum atomic E-state index is 11.9. The van der Waals surface area contributed by atoms with Gasteiger partial charge in [0.25, 0.3) is 0 Å². The molecule has 0 radical (unpaired) electrons. The Kier molecular flexibility index (Phi) is 7.25. The minimum absolute atomic E-state index is 0.0115. The number of rotatable bonds is 8. The summed E-state index contributed by atoms with van der Waals surface area (Å²) in [5.74, 6) is -1.00. The molecule has 0 unspecified atom stereocenters. The molecule has 0 aliphatic carbocycles. The Hall–Kier alpha value is -2.37. The van der Waals surface area contributed by atoms with E-state index in [4.69, 9.17) is 9.47 Å². The normalized spacial score (nSPS) is 12.1. The van der Waals surface area contributed by atoms with E-state index in [0.29, 0.717) is 6.41 Å². The number of hydrogen-bond donors (Lipinski definition) is 1. The van der Waals surface area contributed by atoms with Crippen LogP contribution >= 0.6 is 0 Å². The number of benzene rings is 1. The van der Waals surface area contributed by atoms with Crippen molar-refractivity contribution in [3.63, 3.8) is 0 Å². The van der Waals surface area contributed by atoms with Gasteiger partial charge in [-0.15, -0.1) is 0 Å². The fourth-order valence-electron chi connectivity index (χ4n) is 1.80. The first kappa shape index (κ1) is 18.7. The number of hydrogen-bond acceptors (Lipinski definition) is 5. The van der Waals surface area contributed by atoms with Crippen LogP contribution in [0.15, 0.2) is 30.3 Å². The van der Waals surface area contributed by atoms with Gasteiger partial charge in [-0.1, -0.05) is 30.3 Å². The zero-order valence-corrected chi connectivity index (χ0v) is 13.7. The number of ether oxygens (including phenoxy) is 2. The summed E-state index contributed by atoms with van der Waals surface area (Å²) in [6, 6.07) is 8.43. The van der Waals surface area contributed by atoms with Gasteiger partial charge < -0.3 is 14.8 Å². The van der Waals surface area contributed by atoms with Crippen molar-refractivity contribution in [3.05, 3.63) is 35.9 Å². The molecule has 1 aromatic rings. The number of carbonyl (C=O) groups is 3. The molecule has 0 saturated heterocycles. The van der Waals surface area contributed by atoms with E-state index >= 15 is 0 Å². The lowest BCUT2D eigenvalue weighted by Gasteiger charge is -2.23. The van der Waals surface area contributed by atoms with Gasteiger partial charge in [0.1, 0.15) is 18.2 Å². The fourth-order valence-corrected chi connectivity index (χ4v) is 1.80. The van der Waals surface area contributed by atoms with E-state index in [-0.39, 0.29) is 19.4 Å². The molecule has 6 nitrogen and oxygen atoms in total. The molecule has 0 aliphatic rings. The van der Waals surface area contributed by atoms with Gasteiger partial charge in [0.15, 0.2) is 0 Å². The first-order valence-corrected chi connectivity index (χ1v) is 7.44. The van der Waals surface area contributed by atoms with Crippen LogP contribution in [0.25, 0.3) is 0 Å². The second-order valence-corrected chi connectivity index (χ2v) is 6.06. The topological polar surface area (TPSA) is 81.7 Å². The molecule has 1 amide bonds. The molecule has 0 heterocycles. The van der Waals surface area contributed by atoms with E-state index in [9.17, 15) is 14.4 Å². The number of esters is 2. The van der Waals surface area contributed by atoms with Gasteiger partial charge >= 0.3 is 11.9 Å². The molecule has 0 aromatic heterocycles. The summed E-state index contributed by atoms with van der Waals surface area (Å²) in [5, 5.41) is 2.37. The SMILES string of the molecule is CC(C)(C)OC(=O)[C@H](CCC(=O)OCc1ccccc1)NC=O. The van der Waals surface area contributed by atoms with Crippen LogP contribution in [0, 0.1) is 0 Å². The van der Waals surface area contributed by atoms with Crippen LogP contribution in [-0.4, -0.2) is 30.0 Å². The van der Waals surface area contributed by atoms with Crippen LogP contribution < -0.4 is 5.32 Å². The Labute approximate surface area is 136 Å². The van der Waals surface area contributed by atoms with Crippen molar-refractivity contribution in [1.29, 1.82) is 0 Å². The van der Waals surface area contributed by atoms with Crippen molar-refractivity contribution in [1.82, 2.24) is 5.32 Å². The Morgan fingerprint density at radius 3 is 2.43 bits per heavy atom. The van der Waals surface area contributed by atoms with Gasteiger partial charge in [-0.2, -0.15) is 0 Å². The summed E-state index contributed by atoms with van der Waals surface area (Å²) in [6.07, 6.45) is 0.558. The Morgan fingerprint density at radius 1 is 1.22 bits per heavy atom. The Bertz CT molecular complexity index is 522. The van der Waals surface area contributed by atoms with Crippen molar-refractivity contribution in [3.8, 4) is 0 Å². The zero-order valence-electron chi connectivity index (χ0n) is 13.7. The van der Waals surface area contributed by atoms with Crippen LogP contribution in [0.2, 0.25) is 0 Å². The van der Waals surface area contributed by atoms with Gasteiger partial charge in [0, 0.05) is 6.42 Å². The summed E-state index contributed by atoms with van der Waals surface area (Å²) in [5.41, 5.74) is 0.226. The van der Waals surface area contributed by atoms with Crippen LogP contribution in [-0.2, 0) is 30.5 Å². The third kappa shape index (κ3) is 7.99. The van der Waals surface area contributed by atoms with E-state index < -0.39 is 23.6 Å². The lowest BCUT2D eigenvalue weighted by molar-refractivity contribution is -0.158. The molecule has 1 rings (SSSR count). The maximum Gasteiger partial charge on any atom is 0.329 e. The molecule has 0 fully saturated rings. The summed E-state index contributed by atoms with van der Waals surface area (Å²) in [7, 11) is 0. The molecular formula is C17H23NO5. The molecule has 23 heavy (non-hydrogen) atoms. The minimum atomic E-state index is -0.865. The third-order valence-corrected chi connectivity index (χ3v) is 2.84. The van der Waals surface area contributed by atoms with E-state index in [1.54, 1.807) is 20.8 Å². The highest BCUT2D eigenvalue weighted by molar-refractivity contribution is 5.79. The molecule has 126 valence electrons. The third-order valence-electron chi connectivity index (χ3n) is 2.84. The fraction of sp³-hybridized carbons (Fsp3) is 0.471. The highest BCUT2D eigenvalue weighted by atomic mass is 16.6. The summed E-state index contributed by atoms with van der Waals surface area (Å²) in [6.45, 7) is 5.38. The van der Waals surface area contributed by atoms with Crippen LogP contribution in [0.1, 0.15) is 39.2 Å². The second kappa shape index (κ2) is 8.92. The lowest BCUT2D eigenvalue weighted by atomic mass is 10.1. The predicted octanol–water partition coefficient (Wildman–Crippen LogP) is 1.97. The van der Waals surface area contributed by atoms with E-state index in [2.05, 4.69) is 5.32 Å². The van der Waals surface area contributed by atoms with Crippen molar-refractivity contribution < 1.29 is 23.9 Å². The average Bonchev–Trinajstić information content (AvgIpc) is 2.48. The number of carbonyl (C=O) groups excluding carboxylic acids is 3. The van der Waals surface area contributed by atoms with Crippen molar-refractivity contribution >= 4 is 18.3 Å². The van der Waals surface area contributed by atoms with Crippen LogP contribution in [0.3, 0.4) is 0 Å². The number of nitrogens with one attached hydrogen (secondary N) is 1. The molecule has 0 aliphatic heterocycles. The van der Waals surface area contributed by atoms with Gasteiger partial charge in [-0.3, -0.25) is 9.59 Å². The average molecular weight is 321 g/mol. The first-order valence-electron chi connectivity index (χ1n) is 7.44. The monoisotopic (exact) mass is 321 g/mol. The highest BCUT2D eigenvalue weighted by Crippen LogP contribution is 2.11. The summed E-state index contributed by atoms with van der Waals surface area (Å²) in [4.78, 5) is 34.3. The number of amides is 1. The van der Waals surface area contributed by atoms with E-state index in [0.717, 1.165) is 5.56 Å². The lowest BCUT2D eigenvalue weighted by Crippen LogP contribution is -2.41. The standard InChI is InChI=1S/C17H23NO5/c1-17(2,3)23-16(21)14(18-12-19)9-10-15(20)22-11-13-7-5-4-6-8-13/h4-8,12,14H,9-11H2,1-3H3,(H,18,19)/t14-/m0/s1.